The number of pyridine rings is 1. The van der Waals surface area contributed by atoms with E-state index in [4.69, 9.17) is 16.0 Å². The Morgan fingerprint density at radius 2 is 1.86 bits per heavy atom. The van der Waals surface area contributed by atoms with Gasteiger partial charge in [0.2, 0.25) is 5.91 Å². The predicted octanol–water partition coefficient (Wildman–Crippen LogP) is 6.09. The molecule has 0 fully saturated rings. The zero-order valence-corrected chi connectivity index (χ0v) is 21.1. The van der Waals surface area contributed by atoms with Gasteiger partial charge in [-0.25, -0.2) is 18.4 Å². The predicted molar refractivity (Wildman–Crippen MR) is 136 cm³/mol. The van der Waals surface area contributed by atoms with Gasteiger partial charge in [0.05, 0.1) is 41.0 Å². The number of halogens is 3. The Labute approximate surface area is 215 Å². The molecule has 0 spiro atoms. The molecule has 1 aromatic carbocycles. The molecule has 0 aliphatic rings. The highest BCUT2D eigenvalue weighted by Crippen LogP contribution is 2.33. The maximum atomic E-state index is 13.9. The molecule has 0 bridgehead atoms. The zero-order valence-electron chi connectivity index (χ0n) is 20.3. The second-order valence-corrected chi connectivity index (χ2v) is 9.13. The standard InChI is InChI=1S/C26H23ClF2N6O2/c1-14-23-19(25(28)29)11-20(21-8-5-9-37-21)30-26(23)35(32-14)13-22(36)31-24-15(2)33-34(16(24)3)12-17-6-4-7-18(27)10-17/h4-11,25H,12-13H2,1-3H3,(H,31,36). The molecule has 0 unspecified atom stereocenters. The average Bonchev–Trinajstić information content (AvgIpc) is 3.55. The summed E-state index contributed by atoms with van der Waals surface area (Å²) in [6.45, 7) is 5.54. The minimum absolute atomic E-state index is 0.182. The van der Waals surface area contributed by atoms with E-state index in [0.29, 0.717) is 34.4 Å². The van der Waals surface area contributed by atoms with Gasteiger partial charge >= 0.3 is 0 Å². The third-order valence-corrected chi connectivity index (χ3v) is 6.31. The second kappa shape index (κ2) is 9.78. The second-order valence-electron chi connectivity index (χ2n) is 8.70. The summed E-state index contributed by atoms with van der Waals surface area (Å²) in [5.74, 6) is -0.0428. The SMILES string of the molecule is Cc1nn(Cc2cccc(Cl)c2)c(C)c1NC(=O)Cn1nc(C)c2c(C(F)F)cc(-c3ccco3)nc21. The van der Waals surface area contributed by atoms with Gasteiger partial charge in [-0.1, -0.05) is 23.7 Å². The summed E-state index contributed by atoms with van der Waals surface area (Å²) >= 11 is 6.10. The van der Waals surface area contributed by atoms with E-state index in [1.165, 1.54) is 17.0 Å². The molecule has 0 atom stereocenters. The van der Waals surface area contributed by atoms with Crippen molar-refractivity contribution in [2.24, 2.45) is 0 Å². The van der Waals surface area contributed by atoms with Gasteiger partial charge in [-0.15, -0.1) is 0 Å². The molecule has 190 valence electrons. The van der Waals surface area contributed by atoms with Gasteiger partial charge in [0, 0.05) is 10.6 Å². The van der Waals surface area contributed by atoms with Crippen molar-refractivity contribution in [3.63, 3.8) is 0 Å². The van der Waals surface area contributed by atoms with E-state index in [-0.39, 0.29) is 34.7 Å². The largest absolute Gasteiger partial charge is 0.463 e. The lowest BCUT2D eigenvalue weighted by atomic mass is 10.1. The highest BCUT2D eigenvalue weighted by atomic mass is 35.5. The summed E-state index contributed by atoms with van der Waals surface area (Å²) in [6.07, 6.45) is -1.31. The van der Waals surface area contributed by atoms with Crippen LogP contribution in [-0.2, 0) is 17.9 Å². The topological polar surface area (TPSA) is 90.8 Å². The smallest absolute Gasteiger partial charge is 0.264 e. The molecule has 5 aromatic rings. The van der Waals surface area contributed by atoms with Crippen LogP contribution in [0.1, 0.15) is 34.6 Å². The third-order valence-electron chi connectivity index (χ3n) is 6.08. The Kier molecular flexibility index (Phi) is 6.51. The van der Waals surface area contributed by atoms with Crippen LogP contribution in [0.2, 0.25) is 5.02 Å². The number of nitrogens with one attached hydrogen (secondary N) is 1. The van der Waals surface area contributed by atoms with E-state index in [1.807, 2.05) is 25.1 Å². The minimum Gasteiger partial charge on any atom is -0.463 e. The highest BCUT2D eigenvalue weighted by Gasteiger charge is 2.23. The van der Waals surface area contributed by atoms with Gasteiger partial charge in [-0.2, -0.15) is 10.2 Å². The molecular weight excluding hydrogens is 502 g/mol. The summed E-state index contributed by atoms with van der Waals surface area (Å²) in [4.78, 5) is 17.6. The Hall–Kier alpha value is -4.05. The van der Waals surface area contributed by atoms with Crippen LogP contribution >= 0.6 is 11.6 Å². The fourth-order valence-corrected chi connectivity index (χ4v) is 4.59. The fraction of sp³-hybridized carbons (Fsp3) is 0.231. The molecule has 1 N–H and O–H groups in total. The maximum absolute atomic E-state index is 13.9. The molecule has 0 aliphatic heterocycles. The number of anilines is 1. The lowest BCUT2D eigenvalue weighted by molar-refractivity contribution is -0.116. The molecule has 0 saturated carbocycles. The summed E-state index contributed by atoms with van der Waals surface area (Å²) < 4.78 is 36.3. The Bertz CT molecular complexity index is 1610. The summed E-state index contributed by atoms with van der Waals surface area (Å²) in [6, 6.07) is 12.1. The third kappa shape index (κ3) is 4.84. The number of rotatable bonds is 7. The van der Waals surface area contributed by atoms with Crippen LogP contribution < -0.4 is 5.32 Å². The van der Waals surface area contributed by atoms with E-state index in [0.717, 1.165) is 11.3 Å². The van der Waals surface area contributed by atoms with E-state index in [2.05, 4.69) is 20.5 Å². The Balaban J connectivity index is 1.43. The van der Waals surface area contributed by atoms with Gasteiger partial charge in [0.1, 0.15) is 12.2 Å². The van der Waals surface area contributed by atoms with Crippen molar-refractivity contribution in [2.45, 2.75) is 40.3 Å². The quantitative estimate of drug-likeness (QED) is 0.278. The van der Waals surface area contributed by atoms with Crippen LogP contribution in [0.4, 0.5) is 14.5 Å². The number of aromatic nitrogens is 5. The number of carbonyl (C=O) groups excluding carboxylic acids is 1. The van der Waals surface area contributed by atoms with Gasteiger partial charge in [-0.3, -0.25) is 9.48 Å². The fourth-order valence-electron chi connectivity index (χ4n) is 4.37. The average molecular weight is 525 g/mol. The van der Waals surface area contributed by atoms with Crippen LogP contribution in [0.5, 0.6) is 0 Å². The van der Waals surface area contributed by atoms with Gasteiger partial charge < -0.3 is 9.73 Å². The lowest BCUT2D eigenvalue weighted by Crippen LogP contribution is -2.20. The number of carbonyl (C=O) groups is 1. The van der Waals surface area contributed by atoms with Crippen molar-refractivity contribution in [3.8, 4) is 11.5 Å². The monoisotopic (exact) mass is 524 g/mol. The van der Waals surface area contributed by atoms with Crippen molar-refractivity contribution in [2.75, 3.05) is 5.32 Å². The van der Waals surface area contributed by atoms with Crippen LogP contribution in [0.15, 0.2) is 53.1 Å². The molecule has 5 rings (SSSR count). The number of fused-ring (bicyclic) bond motifs is 1. The number of furan rings is 1. The molecule has 4 heterocycles. The van der Waals surface area contributed by atoms with Crippen LogP contribution in [-0.4, -0.2) is 30.5 Å². The molecule has 0 aliphatic carbocycles. The van der Waals surface area contributed by atoms with Crippen molar-refractivity contribution in [1.29, 1.82) is 0 Å². The number of aryl methyl sites for hydroxylation is 2. The van der Waals surface area contributed by atoms with Crippen molar-refractivity contribution in [1.82, 2.24) is 24.5 Å². The number of nitrogens with zero attached hydrogens (tertiary/aromatic N) is 5. The number of alkyl halides is 2. The molecule has 0 radical (unpaired) electrons. The van der Waals surface area contributed by atoms with E-state index in [1.54, 1.807) is 36.7 Å². The Morgan fingerprint density at radius 1 is 1.08 bits per heavy atom. The lowest BCUT2D eigenvalue weighted by Gasteiger charge is -2.09. The van der Waals surface area contributed by atoms with Gasteiger partial charge in [0.15, 0.2) is 11.4 Å². The minimum atomic E-state index is -2.75. The molecular formula is C26H23ClF2N6O2. The number of amides is 1. The summed E-state index contributed by atoms with van der Waals surface area (Å²) in [5.41, 5.74) is 3.54. The number of hydrogen-bond donors (Lipinski definition) is 1. The van der Waals surface area contributed by atoms with Crippen molar-refractivity contribution < 1.29 is 18.0 Å². The summed E-state index contributed by atoms with van der Waals surface area (Å²) in [7, 11) is 0. The van der Waals surface area contributed by atoms with E-state index >= 15 is 0 Å². The molecule has 0 saturated heterocycles. The molecule has 11 heteroatoms. The first kappa shape index (κ1) is 24.6. The van der Waals surface area contributed by atoms with E-state index in [9.17, 15) is 13.6 Å². The number of hydrogen-bond acceptors (Lipinski definition) is 5. The Morgan fingerprint density at radius 3 is 2.57 bits per heavy atom. The molecule has 37 heavy (non-hydrogen) atoms. The van der Waals surface area contributed by atoms with Gasteiger partial charge in [-0.05, 0) is 56.7 Å². The number of benzene rings is 1. The van der Waals surface area contributed by atoms with Crippen molar-refractivity contribution in [3.05, 3.63) is 82.0 Å². The normalized spacial score (nSPS) is 11.5. The van der Waals surface area contributed by atoms with Gasteiger partial charge in [0.25, 0.3) is 6.43 Å². The van der Waals surface area contributed by atoms with Crippen LogP contribution in [0, 0.1) is 20.8 Å². The molecule has 4 aromatic heterocycles. The van der Waals surface area contributed by atoms with Crippen molar-refractivity contribution >= 4 is 34.2 Å². The summed E-state index contributed by atoms with van der Waals surface area (Å²) in [5, 5.41) is 12.6. The zero-order chi connectivity index (χ0) is 26.3. The molecule has 8 nitrogen and oxygen atoms in total. The first-order chi connectivity index (χ1) is 17.7. The highest BCUT2D eigenvalue weighted by molar-refractivity contribution is 6.30. The molecule has 1 amide bonds. The maximum Gasteiger partial charge on any atom is 0.264 e. The van der Waals surface area contributed by atoms with E-state index < -0.39 is 6.43 Å². The van der Waals surface area contributed by atoms with Crippen LogP contribution in [0.3, 0.4) is 0 Å². The first-order valence-corrected chi connectivity index (χ1v) is 11.9. The van der Waals surface area contributed by atoms with Crippen LogP contribution in [0.25, 0.3) is 22.5 Å². The first-order valence-electron chi connectivity index (χ1n) is 11.5.